The van der Waals surface area contributed by atoms with Crippen LogP contribution in [0.3, 0.4) is 0 Å². The summed E-state index contributed by atoms with van der Waals surface area (Å²) in [5, 5.41) is 4.43. The second kappa shape index (κ2) is 3.83. The van der Waals surface area contributed by atoms with E-state index in [0.717, 1.165) is 29.1 Å². The van der Waals surface area contributed by atoms with Gasteiger partial charge >= 0.3 is 0 Å². The molecule has 0 amide bonds. The Kier molecular flexibility index (Phi) is 2.29. The van der Waals surface area contributed by atoms with Crippen molar-refractivity contribution in [3.05, 3.63) is 30.1 Å². The molecule has 18 heavy (non-hydrogen) atoms. The minimum absolute atomic E-state index is 0.410. The molecular formula is C12H14N6. The lowest BCUT2D eigenvalue weighted by Gasteiger charge is -2.01. The standard InChI is InChI=1S/C12H14N6/c1-3-17-7-5-9(16-17)18-11-10(15-12(18)13)8(2)4-6-14-11/h4-7H,3H2,1-2H3,(H2,13,15). The smallest absolute Gasteiger partial charge is 0.208 e. The lowest BCUT2D eigenvalue weighted by Crippen LogP contribution is -2.03. The summed E-state index contributed by atoms with van der Waals surface area (Å²) in [5.74, 6) is 1.16. The summed E-state index contributed by atoms with van der Waals surface area (Å²) in [7, 11) is 0. The number of hydrogen-bond acceptors (Lipinski definition) is 4. The van der Waals surface area contributed by atoms with Crippen LogP contribution in [0.1, 0.15) is 12.5 Å². The summed E-state index contributed by atoms with van der Waals surface area (Å²) in [6, 6.07) is 3.83. The molecule has 0 fully saturated rings. The quantitative estimate of drug-likeness (QED) is 0.739. The average Bonchev–Trinajstić information content (AvgIpc) is 2.93. The van der Waals surface area contributed by atoms with Gasteiger partial charge in [0.25, 0.3) is 0 Å². The molecule has 3 rings (SSSR count). The molecule has 3 heterocycles. The van der Waals surface area contributed by atoms with Crippen molar-refractivity contribution in [3.8, 4) is 5.82 Å². The molecule has 0 aliphatic carbocycles. The zero-order valence-electron chi connectivity index (χ0n) is 10.3. The Hall–Kier alpha value is -2.37. The van der Waals surface area contributed by atoms with E-state index < -0.39 is 0 Å². The van der Waals surface area contributed by atoms with Crippen molar-refractivity contribution in [2.75, 3.05) is 5.73 Å². The number of hydrogen-bond donors (Lipinski definition) is 1. The molecule has 0 bridgehead atoms. The van der Waals surface area contributed by atoms with Crippen LogP contribution in [-0.4, -0.2) is 24.3 Å². The third kappa shape index (κ3) is 1.46. The largest absolute Gasteiger partial charge is 0.369 e. The molecule has 0 aliphatic rings. The molecule has 0 aromatic carbocycles. The lowest BCUT2D eigenvalue weighted by atomic mass is 10.3. The molecule has 3 aromatic heterocycles. The van der Waals surface area contributed by atoms with Crippen LogP contribution in [0.2, 0.25) is 0 Å². The number of nitrogens with two attached hydrogens (primary N) is 1. The minimum atomic E-state index is 0.410. The van der Waals surface area contributed by atoms with Gasteiger partial charge < -0.3 is 5.73 Å². The molecule has 6 heteroatoms. The molecular weight excluding hydrogens is 228 g/mol. The van der Waals surface area contributed by atoms with E-state index in [1.165, 1.54) is 0 Å². The van der Waals surface area contributed by atoms with Crippen molar-refractivity contribution in [2.45, 2.75) is 20.4 Å². The Balaban J connectivity index is 2.28. The van der Waals surface area contributed by atoms with Gasteiger partial charge in [0.15, 0.2) is 11.5 Å². The molecule has 0 unspecified atom stereocenters. The van der Waals surface area contributed by atoms with Crippen LogP contribution in [0.5, 0.6) is 0 Å². The van der Waals surface area contributed by atoms with E-state index in [-0.39, 0.29) is 0 Å². The van der Waals surface area contributed by atoms with Crippen LogP contribution >= 0.6 is 0 Å². The van der Waals surface area contributed by atoms with E-state index in [1.54, 1.807) is 10.8 Å². The fourth-order valence-electron chi connectivity index (χ4n) is 1.98. The van der Waals surface area contributed by atoms with Crippen LogP contribution < -0.4 is 5.73 Å². The number of nitrogens with zero attached hydrogens (tertiary/aromatic N) is 5. The maximum absolute atomic E-state index is 5.97. The first-order valence-electron chi connectivity index (χ1n) is 5.84. The summed E-state index contributed by atoms with van der Waals surface area (Å²) >= 11 is 0. The minimum Gasteiger partial charge on any atom is -0.369 e. The molecule has 3 aromatic rings. The Labute approximate surface area is 104 Å². The molecule has 0 atom stereocenters. The highest BCUT2D eigenvalue weighted by Crippen LogP contribution is 2.22. The van der Waals surface area contributed by atoms with E-state index in [4.69, 9.17) is 5.73 Å². The monoisotopic (exact) mass is 242 g/mol. The predicted molar refractivity (Wildman–Crippen MR) is 69.5 cm³/mol. The Bertz CT molecular complexity index is 709. The van der Waals surface area contributed by atoms with Gasteiger partial charge in [-0.05, 0) is 25.5 Å². The van der Waals surface area contributed by atoms with Gasteiger partial charge in [-0.2, -0.15) is 5.10 Å². The van der Waals surface area contributed by atoms with Crippen LogP contribution in [0, 0.1) is 6.92 Å². The van der Waals surface area contributed by atoms with Gasteiger partial charge in [-0.1, -0.05) is 0 Å². The average molecular weight is 242 g/mol. The Morgan fingerprint density at radius 3 is 2.89 bits per heavy atom. The zero-order valence-corrected chi connectivity index (χ0v) is 10.3. The second-order valence-corrected chi connectivity index (χ2v) is 4.14. The summed E-state index contributed by atoms with van der Waals surface area (Å²) < 4.78 is 3.62. The van der Waals surface area contributed by atoms with Gasteiger partial charge in [-0.3, -0.25) is 4.68 Å². The number of anilines is 1. The Morgan fingerprint density at radius 2 is 2.17 bits per heavy atom. The Morgan fingerprint density at radius 1 is 1.33 bits per heavy atom. The number of pyridine rings is 1. The summed E-state index contributed by atoms with van der Waals surface area (Å²) in [5.41, 5.74) is 8.59. The number of aryl methyl sites for hydroxylation is 2. The van der Waals surface area contributed by atoms with Gasteiger partial charge in [0, 0.05) is 25.0 Å². The van der Waals surface area contributed by atoms with Crippen molar-refractivity contribution >= 4 is 17.1 Å². The van der Waals surface area contributed by atoms with Crippen LogP contribution in [0.4, 0.5) is 5.95 Å². The number of nitrogen functional groups attached to an aromatic ring is 1. The van der Waals surface area contributed by atoms with E-state index in [2.05, 4.69) is 15.1 Å². The second-order valence-electron chi connectivity index (χ2n) is 4.14. The molecule has 0 spiro atoms. The van der Waals surface area contributed by atoms with Crippen LogP contribution in [0.15, 0.2) is 24.5 Å². The third-order valence-corrected chi connectivity index (χ3v) is 2.95. The highest BCUT2D eigenvalue weighted by atomic mass is 15.3. The topological polar surface area (TPSA) is 74.5 Å². The third-order valence-electron chi connectivity index (χ3n) is 2.95. The number of fused-ring (bicyclic) bond motifs is 1. The molecule has 0 saturated carbocycles. The lowest BCUT2D eigenvalue weighted by molar-refractivity contribution is 0.654. The van der Waals surface area contributed by atoms with Crippen molar-refractivity contribution < 1.29 is 0 Å². The van der Waals surface area contributed by atoms with Crippen LogP contribution in [-0.2, 0) is 6.54 Å². The first kappa shape index (κ1) is 10.8. The van der Waals surface area contributed by atoms with Gasteiger partial charge in [0.1, 0.15) is 5.52 Å². The molecule has 6 nitrogen and oxygen atoms in total. The van der Waals surface area contributed by atoms with Crippen molar-refractivity contribution in [3.63, 3.8) is 0 Å². The van der Waals surface area contributed by atoms with Gasteiger partial charge in [0.2, 0.25) is 5.95 Å². The van der Waals surface area contributed by atoms with Gasteiger partial charge in [-0.15, -0.1) is 0 Å². The fraction of sp³-hybridized carbons (Fsp3) is 0.250. The molecule has 2 N–H and O–H groups in total. The maximum atomic E-state index is 5.97. The van der Waals surface area contributed by atoms with Crippen molar-refractivity contribution in [2.24, 2.45) is 0 Å². The van der Waals surface area contributed by atoms with E-state index in [0.29, 0.717) is 5.95 Å². The summed E-state index contributed by atoms with van der Waals surface area (Å²) in [4.78, 5) is 8.70. The first-order chi connectivity index (χ1) is 8.70. The molecule has 92 valence electrons. The summed E-state index contributed by atoms with van der Waals surface area (Å²) in [6.45, 7) is 4.85. The first-order valence-corrected chi connectivity index (χ1v) is 5.84. The zero-order chi connectivity index (χ0) is 12.7. The highest BCUT2D eigenvalue weighted by Gasteiger charge is 2.14. The molecule has 0 radical (unpaired) electrons. The molecule has 0 saturated heterocycles. The SMILES string of the molecule is CCn1ccc(-n2c(N)nc3c(C)ccnc32)n1. The van der Waals surface area contributed by atoms with E-state index in [1.807, 2.05) is 36.9 Å². The highest BCUT2D eigenvalue weighted by molar-refractivity contribution is 5.79. The van der Waals surface area contributed by atoms with Crippen molar-refractivity contribution in [1.29, 1.82) is 0 Å². The van der Waals surface area contributed by atoms with E-state index in [9.17, 15) is 0 Å². The maximum Gasteiger partial charge on any atom is 0.208 e. The fourth-order valence-corrected chi connectivity index (χ4v) is 1.98. The van der Waals surface area contributed by atoms with E-state index >= 15 is 0 Å². The predicted octanol–water partition coefficient (Wildman–Crippen LogP) is 1.53. The number of rotatable bonds is 2. The number of imidazole rings is 1. The number of aromatic nitrogens is 5. The van der Waals surface area contributed by atoms with Gasteiger partial charge in [-0.25, -0.2) is 14.5 Å². The van der Waals surface area contributed by atoms with Gasteiger partial charge in [0.05, 0.1) is 0 Å². The normalized spacial score (nSPS) is 11.2. The summed E-state index contributed by atoms with van der Waals surface area (Å²) in [6.07, 6.45) is 3.67. The van der Waals surface area contributed by atoms with Crippen LogP contribution in [0.25, 0.3) is 17.0 Å². The van der Waals surface area contributed by atoms with Crippen molar-refractivity contribution in [1.82, 2.24) is 24.3 Å². The molecule has 0 aliphatic heterocycles.